The molecule has 0 unspecified atom stereocenters. The molecule has 2 amide bonds. The summed E-state index contributed by atoms with van der Waals surface area (Å²) in [7, 11) is -2.24. The van der Waals surface area contributed by atoms with Crippen molar-refractivity contribution in [2.75, 3.05) is 48.5 Å². The predicted molar refractivity (Wildman–Crippen MR) is 117 cm³/mol. The van der Waals surface area contributed by atoms with Crippen LogP contribution in [0.15, 0.2) is 41.3 Å². The summed E-state index contributed by atoms with van der Waals surface area (Å²) in [5.41, 5.74) is 3.20. The van der Waals surface area contributed by atoms with E-state index in [9.17, 15) is 18.0 Å². The number of aryl methyl sites for hydroxylation is 1. The van der Waals surface area contributed by atoms with Crippen LogP contribution in [0, 0.1) is 0 Å². The van der Waals surface area contributed by atoms with Gasteiger partial charge in [-0.15, -0.1) is 0 Å². The van der Waals surface area contributed by atoms with Crippen LogP contribution in [0.5, 0.6) is 0 Å². The van der Waals surface area contributed by atoms with Crippen LogP contribution in [-0.4, -0.2) is 53.6 Å². The lowest BCUT2D eigenvalue weighted by Crippen LogP contribution is -2.37. The van der Waals surface area contributed by atoms with Gasteiger partial charge in [-0.1, -0.05) is 0 Å². The quantitative estimate of drug-likeness (QED) is 0.734. The Morgan fingerprint density at radius 3 is 2.48 bits per heavy atom. The van der Waals surface area contributed by atoms with Gasteiger partial charge in [0, 0.05) is 43.6 Å². The average molecular weight is 445 g/mol. The van der Waals surface area contributed by atoms with E-state index in [0.29, 0.717) is 50.5 Å². The number of nitrogens with zero attached hydrogens (tertiary/aromatic N) is 2. The number of amides is 2. The lowest BCUT2D eigenvalue weighted by molar-refractivity contribution is -0.118. The molecule has 164 valence electrons. The molecule has 0 atom stereocenters. The van der Waals surface area contributed by atoms with E-state index >= 15 is 0 Å². The van der Waals surface area contributed by atoms with Crippen LogP contribution in [0.3, 0.4) is 0 Å². The van der Waals surface area contributed by atoms with Crippen LogP contribution >= 0.6 is 0 Å². The van der Waals surface area contributed by atoms with E-state index in [2.05, 4.69) is 5.32 Å². The molecule has 10 heteroatoms. The first-order valence-corrected chi connectivity index (χ1v) is 11.5. The van der Waals surface area contributed by atoms with Gasteiger partial charge in [0.05, 0.1) is 23.7 Å². The third kappa shape index (κ3) is 4.41. The lowest BCUT2D eigenvalue weighted by atomic mass is 10.0. The summed E-state index contributed by atoms with van der Waals surface area (Å²) in [5.74, 6) is -0.383. The number of benzene rings is 2. The van der Waals surface area contributed by atoms with Crippen molar-refractivity contribution in [1.29, 1.82) is 0 Å². The van der Waals surface area contributed by atoms with Crippen molar-refractivity contribution in [3.8, 4) is 0 Å². The van der Waals surface area contributed by atoms with Gasteiger partial charge in [0.25, 0.3) is 5.91 Å². The number of carbonyl (C=O) groups is 2. The van der Waals surface area contributed by atoms with E-state index in [-0.39, 0.29) is 16.4 Å². The Bertz CT molecular complexity index is 1140. The third-order valence-corrected chi connectivity index (χ3v) is 6.48. The van der Waals surface area contributed by atoms with E-state index in [0.717, 1.165) is 11.3 Å². The van der Waals surface area contributed by atoms with Crippen molar-refractivity contribution in [3.05, 3.63) is 47.5 Å². The minimum absolute atomic E-state index is 0.0549. The number of nitrogens with two attached hydrogens (primary N) is 1. The zero-order valence-corrected chi connectivity index (χ0v) is 17.9. The zero-order chi connectivity index (χ0) is 22.2. The molecule has 2 aliphatic rings. The smallest absolute Gasteiger partial charge is 0.257 e. The fourth-order valence-electron chi connectivity index (χ4n) is 3.89. The monoisotopic (exact) mass is 444 g/mol. The van der Waals surface area contributed by atoms with Crippen molar-refractivity contribution in [3.63, 3.8) is 0 Å². The number of carbonyl (C=O) groups excluding carboxylic acids is 2. The van der Waals surface area contributed by atoms with Gasteiger partial charge >= 0.3 is 0 Å². The van der Waals surface area contributed by atoms with Crippen molar-refractivity contribution >= 4 is 38.9 Å². The fourth-order valence-corrected chi connectivity index (χ4v) is 4.43. The summed E-state index contributed by atoms with van der Waals surface area (Å²) >= 11 is 0. The van der Waals surface area contributed by atoms with Crippen LogP contribution in [0.1, 0.15) is 22.3 Å². The summed E-state index contributed by atoms with van der Waals surface area (Å²) in [6.07, 6.45) is 1.01. The molecule has 1 saturated heterocycles. The molecule has 2 heterocycles. The van der Waals surface area contributed by atoms with Crippen LogP contribution in [-0.2, 0) is 26.0 Å². The third-order valence-electron chi connectivity index (χ3n) is 5.57. The molecule has 1 fully saturated rings. The second-order valence-electron chi connectivity index (χ2n) is 7.57. The van der Waals surface area contributed by atoms with E-state index in [4.69, 9.17) is 9.88 Å². The Labute approximate surface area is 180 Å². The second-order valence-corrected chi connectivity index (χ2v) is 9.14. The Morgan fingerprint density at radius 1 is 1.06 bits per heavy atom. The van der Waals surface area contributed by atoms with Gasteiger partial charge in [-0.3, -0.25) is 9.59 Å². The van der Waals surface area contributed by atoms with Gasteiger partial charge in [-0.2, -0.15) is 0 Å². The second kappa shape index (κ2) is 8.29. The summed E-state index contributed by atoms with van der Waals surface area (Å²) < 4.78 is 29.1. The molecule has 0 spiro atoms. The maximum absolute atomic E-state index is 13.2. The van der Waals surface area contributed by atoms with E-state index < -0.39 is 15.9 Å². The van der Waals surface area contributed by atoms with Crippen molar-refractivity contribution in [2.45, 2.75) is 17.7 Å². The number of primary sulfonamides is 1. The standard InChI is InChI=1S/C21H24N4O5S/c1-24-18-5-3-15(12-14(18)2-7-20(24)26)23-21(27)17-13-16(31(22,28)29)4-6-19(17)25-8-10-30-11-9-25/h3-6,12-13H,2,7-11H2,1H3,(H,23,27)(H2,22,28,29). The molecule has 0 saturated carbocycles. The first-order chi connectivity index (χ1) is 14.7. The molecule has 2 aliphatic heterocycles. The number of rotatable bonds is 4. The van der Waals surface area contributed by atoms with Crippen LogP contribution < -0.4 is 20.3 Å². The number of fused-ring (bicyclic) bond motifs is 1. The number of anilines is 3. The SMILES string of the molecule is CN1C(=O)CCc2cc(NC(=O)c3cc(S(N)(=O)=O)ccc3N3CCOCC3)ccc21. The summed E-state index contributed by atoms with van der Waals surface area (Å²) in [6, 6.07) is 9.68. The highest BCUT2D eigenvalue weighted by molar-refractivity contribution is 7.89. The highest BCUT2D eigenvalue weighted by atomic mass is 32.2. The molecule has 0 radical (unpaired) electrons. The molecule has 0 aliphatic carbocycles. The molecule has 0 aromatic heterocycles. The first-order valence-electron chi connectivity index (χ1n) is 9.94. The number of hydrogen-bond donors (Lipinski definition) is 2. The molecule has 2 aromatic rings. The van der Waals surface area contributed by atoms with E-state index in [1.807, 2.05) is 11.0 Å². The molecule has 0 bridgehead atoms. The van der Waals surface area contributed by atoms with Gasteiger partial charge in [-0.25, -0.2) is 13.6 Å². The van der Waals surface area contributed by atoms with E-state index in [1.54, 1.807) is 30.1 Å². The molecular weight excluding hydrogens is 420 g/mol. The molecule has 9 nitrogen and oxygen atoms in total. The van der Waals surface area contributed by atoms with Crippen molar-refractivity contribution < 1.29 is 22.7 Å². The normalized spacial score (nSPS) is 16.8. The molecule has 2 aromatic carbocycles. The maximum atomic E-state index is 13.2. The van der Waals surface area contributed by atoms with E-state index in [1.165, 1.54) is 12.1 Å². The maximum Gasteiger partial charge on any atom is 0.257 e. The van der Waals surface area contributed by atoms with Crippen molar-refractivity contribution in [1.82, 2.24) is 0 Å². The molecule has 31 heavy (non-hydrogen) atoms. The van der Waals surface area contributed by atoms with Gasteiger partial charge in [0.2, 0.25) is 15.9 Å². The number of hydrogen-bond acceptors (Lipinski definition) is 6. The highest BCUT2D eigenvalue weighted by Crippen LogP contribution is 2.30. The highest BCUT2D eigenvalue weighted by Gasteiger charge is 2.24. The molecule has 4 rings (SSSR count). The minimum Gasteiger partial charge on any atom is -0.378 e. The van der Waals surface area contributed by atoms with Gasteiger partial charge < -0.3 is 19.9 Å². The number of sulfonamides is 1. The molecular formula is C21H24N4O5S. The average Bonchev–Trinajstić information content (AvgIpc) is 2.76. The van der Waals surface area contributed by atoms with Crippen LogP contribution in [0.4, 0.5) is 17.1 Å². The van der Waals surface area contributed by atoms with Crippen molar-refractivity contribution in [2.24, 2.45) is 5.14 Å². The Hall–Kier alpha value is -2.95. The summed E-state index contributed by atoms with van der Waals surface area (Å²) in [4.78, 5) is 28.5. The Morgan fingerprint density at radius 2 is 1.77 bits per heavy atom. The Kier molecular flexibility index (Phi) is 5.69. The van der Waals surface area contributed by atoms with Gasteiger partial charge in [0.1, 0.15) is 0 Å². The van der Waals surface area contributed by atoms with Crippen LogP contribution in [0.25, 0.3) is 0 Å². The summed E-state index contributed by atoms with van der Waals surface area (Å²) in [5, 5.41) is 8.14. The lowest BCUT2D eigenvalue weighted by Gasteiger charge is -2.30. The largest absolute Gasteiger partial charge is 0.378 e. The first kappa shape index (κ1) is 21.3. The van der Waals surface area contributed by atoms with Crippen LogP contribution in [0.2, 0.25) is 0 Å². The number of ether oxygens (including phenoxy) is 1. The van der Waals surface area contributed by atoms with Gasteiger partial charge in [0.15, 0.2) is 0 Å². The number of nitrogens with one attached hydrogen (secondary N) is 1. The predicted octanol–water partition coefficient (Wildman–Crippen LogP) is 1.33. The zero-order valence-electron chi connectivity index (χ0n) is 17.1. The minimum atomic E-state index is -3.96. The Balaban J connectivity index is 1.66. The fraction of sp³-hybridized carbons (Fsp3) is 0.333. The summed E-state index contributed by atoms with van der Waals surface area (Å²) in [6.45, 7) is 2.23. The topological polar surface area (TPSA) is 122 Å². The van der Waals surface area contributed by atoms with Gasteiger partial charge in [-0.05, 0) is 48.4 Å². The molecule has 3 N–H and O–H groups in total. The number of morpholine rings is 1.